The Bertz CT molecular complexity index is 4320. The normalized spacial score (nSPS) is 11.9. The second-order valence-corrected chi connectivity index (χ2v) is 17.4. The van der Waals surface area contributed by atoms with Crippen molar-refractivity contribution in [2.75, 3.05) is 0 Å². The van der Waals surface area contributed by atoms with Crippen molar-refractivity contribution in [3.05, 3.63) is 224 Å². The Labute approximate surface area is 379 Å². The Morgan fingerprint density at radius 1 is 0.212 bits per heavy atom. The molecule has 0 amide bonds. The van der Waals surface area contributed by atoms with Crippen LogP contribution in [0.2, 0.25) is 0 Å². The van der Waals surface area contributed by atoms with E-state index in [9.17, 15) is 0 Å². The topological polar surface area (TPSA) is 38.7 Å². The van der Waals surface area contributed by atoms with Crippen LogP contribution < -0.4 is 0 Å². The van der Waals surface area contributed by atoms with Gasteiger partial charge in [0.05, 0.1) is 33.6 Å². The van der Waals surface area contributed by atoms with Crippen LogP contribution >= 0.6 is 0 Å². The molecule has 66 heavy (non-hydrogen) atoms. The van der Waals surface area contributed by atoms with Crippen molar-refractivity contribution in [1.82, 2.24) is 15.0 Å². The van der Waals surface area contributed by atoms with E-state index in [2.05, 4.69) is 218 Å². The molecule has 14 rings (SSSR count). The molecule has 3 nitrogen and oxygen atoms in total. The number of hydrogen-bond donors (Lipinski definition) is 0. The molecule has 3 heteroatoms. The first-order valence-corrected chi connectivity index (χ1v) is 22.6. The third-order valence-corrected chi connectivity index (χ3v) is 13.8. The zero-order chi connectivity index (χ0) is 43.3. The minimum Gasteiger partial charge on any atom is -0.246 e. The molecule has 0 aliphatic carbocycles. The molecule has 0 saturated carbocycles. The standard InChI is InChI=1S/C63H37N3/c1-2-13-38(14-3-1)57-33-29-39-25-26-40-30-34-58(65-62(40)61(39)64-57)43-28-32-50-49-31-27-42(36-55(49)47-19-4-5-20-48(47)56(50)37-43)41-15-12-16-44(35-41)60-54-24-11-9-22-52(54)59-51-21-8-6-17-45(51)46-18-7-10-23-53(46)63(59)66-60/h1-37H. The molecule has 0 fully saturated rings. The lowest BCUT2D eigenvalue weighted by molar-refractivity contribution is 1.37. The molecule has 3 heterocycles. The van der Waals surface area contributed by atoms with Crippen molar-refractivity contribution in [1.29, 1.82) is 0 Å². The van der Waals surface area contributed by atoms with Gasteiger partial charge in [-0.2, -0.15) is 0 Å². The Morgan fingerprint density at radius 3 is 1.29 bits per heavy atom. The third-order valence-electron chi connectivity index (χ3n) is 13.8. The molecule has 3 aromatic heterocycles. The average molecular weight is 836 g/mol. The SMILES string of the molecule is c1ccc(-c2ccc3ccc4ccc(-c5ccc6c7ccc(-c8cccc(-c9nc%10c%11ccccc%11c%11ccccc%11c%10c%10ccccc9%10)c8)cc7c7ccccc7c6c5)nc4c3n2)cc1. The maximum Gasteiger partial charge on any atom is 0.0972 e. The van der Waals surface area contributed by atoms with Gasteiger partial charge in [-0.15, -0.1) is 0 Å². The summed E-state index contributed by atoms with van der Waals surface area (Å²) in [5, 5.41) is 18.0. The molecule has 0 saturated heterocycles. The van der Waals surface area contributed by atoms with Crippen LogP contribution in [-0.4, -0.2) is 15.0 Å². The van der Waals surface area contributed by atoms with Crippen molar-refractivity contribution < 1.29 is 0 Å². The van der Waals surface area contributed by atoms with Gasteiger partial charge in [0.15, 0.2) is 0 Å². The minimum atomic E-state index is 0.912. The van der Waals surface area contributed by atoms with Gasteiger partial charge in [-0.05, 0) is 95.3 Å². The first-order valence-electron chi connectivity index (χ1n) is 22.6. The summed E-state index contributed by atoms with van der Waals surface area (Å²) >= 11 is 0. The zero-order valence-electron chi connectivity index (χ0n) is 35.7. The van der Waals surface area contributed by atoms with E-state index in [1.807, 2.05) is 6.07 Å². The van der Waals surface area contributed by atoms with E-state index in [0.717, 1.165) is 72.0 Å². The van der Waals surface area contributed by atoms with Crippen LogP contribution in [0, 0.1) is 0 Å². The summed E-state index contributed by atoms with van der Waals surface area (Å²) in [6.45, 7) is 0. The fraction of sp³-hybridized carbons (Fsp3) is 0. The van der Waals surface area contributed by atoms with Gasteiger partial charge in [-0.1, -0.05) is 194 Å². The molecule has 14 aromatic rings. The molecule has 0 N–H and O–H groups in total. The molecular weight excluding hydrogens is 799 g/mol. The van der Waals surface area contributed by atoms with Crippen LogP contribution in [0.4, 0.5) is 0 Å². The predicted octanol–water partition coefficient (Wildman–Crippen LogP) is 16.9. The van der Waals surface area contributed by atoms with E-state index in [0.29, 0.717) is 0 Å². The summed E-state index contributed by atoms with van der Waals surface area (Å²) in [6.07, 6.45) is 0. The molecule has 0 bridgehead atoms. The van der Waals surface area contributed by atoms with Gasteiger partial charge >= 0.3 is 0 Å². The lowest BCUT2D eigenvalue weighted by Gasteiger charge is -2.16. The highest BCUT2D eigenvalue weighted by Gasteiger charge is 2.18. The number of hydrogen-bond acceptors (Lipinski definition) is 3. The monoisotopic (exact) mass is 835 g/mol. The lowest BCUT2D eigenvalue weighted by Crippen LogP contribution is -1.93. The number of benzene rings is 11. The van der Waals surface area contributed by atoms with Crippen molar-refractivity contribution in [2.45, 2.75) is 0 Å². The smallest absolute Gasteiger partial charge is 0.0972 e. The lowest BCUT2D eigenvalue weighted by atomic mass is 9.90. The molecule has 0 spiro atoms. The van der Waals surface area contributed by atoms with E-state index in [1.165, 1.54) is 70.2 Å². The highest BCUT2D eigenvalue weighted by molar-refractivity contribution is 6.31. The van der Waals surface area contributed by atoms with Crippen molar-refractivity contribution in [3.63, 3.8) is 0 Å². The number of pyridine rings is 3. The van der Waals surface area contributed by atoms with Gasteiger partial charge in [-0.25, -0.2) is 15.0 Å². The van der Waals surface area contributed by atoms with Gasteiger partial charge in [0.2, 0.25) is 0 Å². The Hall–Kier alpha value is -8.79. The van der Waals surface area contributed by atoms with Crippen molar-refractivity contribution in [3.8, 4) is 44.9 Å². The van der Waals surface area contributed by atoms with Crippen molar-refractivity contribution in [2.24, 2.45) is 0 Å². The maximum absolute atomic E-state index is 5.58. The number of fused-ring (bicyclic) bond motifs is 17. The van der Waals surface area contributed by atoms with Gasteiger partial charge in [-0.3, -0.25) is 0 Å². The first kappa shape index (κ1) is 36.7. The Balaban J connectivity index is 0.903. The quantitative estimate of drug-likeness (QED) is 0.166. The number of nitrogens with zero attached hydrogens (tertiary/aromatic N) is 3. The van der Waals surface area contributed by atoms with Crippen LogP contribution in [0.5, 0.6) is 0 Å². The highest BCUT2D eigenvalue weighted by atomic mass is 14.8. The van der Waals surface area contributed by atoms with E-state index in [-0.39, 0.29) is 0 Å². The summed E-state index contributed by atoms with van der Waals surface area (Å²) in [7, 11) is 0. The van der Waals surface area contributed by atoms with Crippen molar-refractivity contribution >= 4 is 97.3 Å². The molecule has 11 aromatic carbocycles. The van der Waals surface area contributed by atoms with Crippen LogP contribution in [-0.2, 0) is 0 Å². The summed E-state index contributed by atoms with van der Waals surface area (Å²) in [6, 6.07) is 81.0. The molecule has 0 radical (unpaired) electrons. The van der Waals surface area contributed by atoms with Crippen LogP contribution in [0.15, 0.2) is 224 Å². The summed E-state index contributed by atoms with van der Waals surface area (Å²) < 4.78 is 0. The van der Waals surface area contributed by atoms with Gasteiger partial charge in [0.25, 0.3) is 0 Å². The van der Waals surface area contributed by atoms with E-state index < -0.39 is 0 Å². The van der Waals surface area contributed by atoms with Crippen LogP contribution in [0.25, 0.3) is 142 Å². The molecule has 304 valence electrons. The maximum atomic E-state index is 5.58. The minimum absolute atomic E-state index is 0.912. The second-order valence-electron chi connectivity index (χ2n) is 17.4. The molecule has 0 atom stereocenters. The molecule has 0 aliphatic heterocycles. The Kier molecular flexibility index (Phi) is 7.98. The average Bonchev–Trinajstić information content (AvgIpc) is 3.40. The van der Waals surface area contributed by atoms with Crippen LogP contribution in [0.1, 0.15) is 0 Å². The van der Waals surface area contributed by atoms with E-state index in [4.69, 9.17) is 15.0 Å². The molecule has 0 aliphatic rings. The van der Waals surface area contributed by atoms with E-state index >= 15 is 0 Å². The summed E-state index contributed by atoms with van der Waals surface area (Å²) in [5.41, 5.74) is 11.3. The highest BCUT2D eigenvalue weighted by Crippen LogP contribution is 2.43. The fourth-order valence-corrected chi connectivity index (χ4v) is 10.7. The number of rotatable bonds is 4. The summed E-state index contributed by atoms with van der Waals surface area (Å²) in [4.78, 5) is 16.1. The second kappa shape index (κ2) is 14.4. The Morgan fingerprint density at radius 2 is 0.636 bits per heavy atom. The summed E-state index contributed by atoms with van der Waals surface area (Å²) in [5.74, 6) is 0. The van der Waals surface area contributed by atoms with Crippen LogP contribution in [0.3, 0.4) is 0 Å². The molecular formula is C63H37N3. The third kappa shape index (κ3) is 5.60. The molecule has 0 unspecified atom stereocenters. The largest absolute Gasteiger partial charge is 0.246 e. The fourth-order valence-electron chi connectivity index (χ4n) is 10.7. The predicted molar refractivity (Wildman–Crippen MR) is 279 cm³/mol. The first-order chi connectivity index (χ1) is 32.7. The van der Waals surface area contributed by atoms with Gasteiger partial charge < -0.3 is 0 Å². The zero-order valence-corrected chi connectivity index (χ0v) is 35.7. The van der Waals surface area contributed by atoms with Gasteiger partial charge in [0.1, 0.15) is 0 Å². The number of aromatic nitrogens is 3. The van der Waals surface area contributed by atoms with Gasteiger partial charge in [0, 0.05) is 43.6 Å². The van der Waals surface area contributed by atoms with E-state index in [1.54, 1.807) is 0 Å².